The van der Waals surface area contributed by atoms with Gasteiger partial charge in [0.2, 0.25) is 5.91 Å². The molecule has 0 bridgehead atoms. The van der Waals surface area contributed by atoms with Crippen LogP contribution in [0.4, 0.5) is 5.13 Å². The van der Waals surface area contributed by atoms with E-state index < -0.39 is 0 Å². The monoisotopic (exact) mass is 368 g/mol. The summed E-state index contributed by atoms with van der Waals surface area (Å²) in [5.74, 6) is 0.0722. The molecule has 0 saturated carbocycles. The number of anilines is 1. The highest BCUT2D eigenvalue weighted by molar-refractivity contribution is 7.13. The molecule has 5 nitrogen and oxygen atoms in total. The number of nitrogens with one attached hydrogen (secondary N) is 1. The lowest BCUT2D eigenvalue weighted by Gasteiger charge is -2.16. The zero-order valence-corrected chi connectivity index (χ0v) is 15.9. The zero-order valence-electron chi connectivity index (χ0n) is 15.0. The third-order valence-corrected chi connectivity index (χ3v) is 5.98. The minimum absolute atomic E-state index is 0.0722. The van der Waals surface area contributed by atoms with Crippen molar-refractivity contribution in [1.29, 1.82) is 0 Å². The van der Waals surface area contributed by atoms with Crippen molar-refractivity contribution in [3.05, 3.63) is 46.1 Å². The van der Waals surface area contributed by atoms with Gasteiger partial charge in [-0.25, -0.2) is 4.98 Å². The average molecular weight is 369 g/mol. The first kappa shape index (κ1) is 17.1. The van der Waals surface area contributed by atoms with Crippen LogP contribution in [0.1, 0.15) is 35.4 Å². The molecule has 0 saturated heterocycles. The van der Waals surface area contributed by atoms with Crippen molar-refractivity contribution in [3.63, 3.8) is 0 Å². The van der Waals surface area contributed by atoms with Crippen LogP contribution in [0.5, 0.6) is 0 Å². The summed E-state index contributed by atoms with van der Waals surface area (Å²) in [5.41, 5.74) is 12.1. The van der Waals surface area contributed by atoms with Crippen molar-refractivity contribution in [1.82, 2.24) is 14.9 Å². The van der Waals surface area contributed by atoms with Crippen molar-refractivity contribution in [3.8, 4) is 0 Å². The zero-order chi connectivity index (χ0) is 18.1. The van der Waals surface area contributed by atoms with Crippen molar-refractivity contribution in [2.45, 2.75) is 45.6 Å². The van der Waals surface area contributed by atoms with Gasteiger partial charge in [-0.3, -0.25) is 4.79 Å². The molecule has 3 N–H and O–H groups in total. The molecule has 4 rings (SSSR count). The Hall–Kier alpha value is -2.34. The van der Waals surface area contributed by atoms with E-state index in [1.807, 2.05) is 5.38 Å². The van der Waals surface area contributed by atoms with Gasteiger partial charge in [0.25, 0.3) is 0 Å². The number of nitrogen functional groups attached to an aromatic ring is 1. The van der Waals surface area contributed by atoms with Crippen LogP contribution in [0, 0.1) is 6.92 Å². The third-order valence-electron chi connectivity index (χ3n) is 5.26. The molecule has 26 heavy (non-hydrogen) atoms. The molecule has 1 aliphatic heterocycles. The Morgan fingerprint density at radius 2 is 2.27 bits per heavy atom. The predicted octanol–water partition coefficient (Wildman–Crippen LogP) is 3.23. The number of aromatic nitrogens is 2. The number of nitrogens with zero attached hydrogens (tertiary/aromatic N) is 2. The number of hydrogen-bond donors (Lipinski definition) is 2. The standard InChI is InChI=1S/C20H24N4OS/c1-13-16(17-6-2-4-14-5-3-11-24(13)19(14)17)9-10-22-18(25)8-7-15-12-26-20(21)23-15/h2,4,6,12H,3,5,7-11H2,1H3,(H2,21,23)(H,22,25). The molecule has 3 heterocycles. The SMILES string of the molecule is Cc1c(CCNC(=O)CCc2csc(N)n2)c2cccc3c2n1CCC3. The number of aryl methyl sites for hydroxylation is 3. The first-order chi connectivity index (χ1) is 12.6. The molecule has 0 atom stereocenters. The first-order valence-corrected chi connectivity index (χ1v) is 10.1. The Bertz CT molecular complexity index is 956. The number of para-hydroxylation sites is 1. The number of hydrogen-bond acceptors (Lipinski definition) is 4. The van der Waals surface area contributed by atoms with Crippen LogP contribution in [0.3, 0.4) is 0 Å². The second-order valence-electron chi connectivity index (χ2n) is 6.91. The van der Waals surface area contributed by atoms with Gasteiger partial charge in [0.15, 0.2) is 5.13 Å². The van der Waals surface area contributed by atoms with Crippen molar-refractivity contribution in [2.24, 2.45) is 0 Å². The summed E-state index contributed by atoms with van der Waals surface area (Å²) in [6.07, 6.45) is 4.33. The fourth-order valence-corrected chi connectivity index (χ4v) is 4.60. The van der Waals surface area contributed by atoms with Gasteiger partial charge < -0.3 is 15.6 Å². The maximum absolute atomic E-state index is 12.1. The summed E-state index contributed by atoms with van der Waals surface area (Å²) in [7, 11) is 0. The molecule has 2 aromatic heterocycles. The van der Waals surface area contributed by atoms with Gasteiger partial charge in [0, 0.05) is 36.0 Å². The van der Waals surface area contributed by atoms with E-state index in [1.165, 1.54) is 45.5 Å². The van der Waals surface area contributed by atoms with E-state index in [4.69, 9.17) is 5.73 Å². The van der Waals surface area contributed by atoms with Crippen LogP contribution in [0.25, 0.3) is 10.9 Å². The normalized spacial score (nSPS) is 13.3. The van der Waals surface area contributed by atoms with Gasteiger partial charge in [-0.05, 0) is 43.7 Å². The Balaban J connectivity index is 1.39. The van der Waals surface area contributed by atoms with E-state index in [-0.39, 0.29) is 5.91 Å². The van der Waals surface area contributed by atoms with Gasteiger partial charge in [0.05, 0.1) is 11.2 Å². The van der Waals surface area contributed by atoms with Crippen LogP contribution in [-0.2, 0) is 30.6 Å². The molecule has 0 radical (unpaired) electrons. The summed E-state index contributed by atoms with van der Waals surface area (Å²) >= 11 is 1.42. The molecule has 1 aromatic carbocycles. The van der Waals surface area contributed by atoms with Crippen LogP contribution in [0.15, 0.2) is 23.6 Å². The molecule has 0 aliphatic carbocycles. The Kier molecular flexibility index (Phi) is 4.68. The maximum atomic E-state index is 12.1. The molecular formula is C20H24N4OS. The quantitative estimate of drug-likeness (QED) is 0.702. The fraction of sp³-hybridized carbons (Fsp3) is 0.400. The van der Waals surface area contributed by atoms with Gasteiger partial charge >= 0.3 is 0 Å². The van der Waals surface area contributed by atoms with E-state index in [9.17, 15) is 4.79 Å². The van der Waals surface area contributed by atoms with Crippen LogP contribution in [0.2, 0.25) is 0 Å². The summed E-state index contributed by atoms with van der Waals surface area (Å²) < 4.78 is 2.46. The highest BCUT2D eigenvalue weighted by atomic mass is 32.1. The van der Waals surface area contributed by atoms with Gasteiger partial charge in [-0.2, -0.15) is 0 Å². The third kappa shape index (κ3) is 3.21. The summed E-state index contributed by atoms with van der Waals surface area (Å²) in [6.45, 7) is 3.98. The second kappa shape index (κ2) is 7.11. The fourth-order valence-electron chi connectivity index (χ4n) is 4.00. The number of benzene rings is 1. The van der Waals surface area contributed by atoms with Crippen molar-refractivity contribution in [2.75, 3.05) is 12.3 Å². The van der Waals surface area contributed by atoms with Gasteiger partial charge in [-0.1, -0.05) is 18.2 Å². The molecule has 6 heteroatoms. The lowest BCUT2D eigenvalue weighted by atomic mass is 10.0. The van der Waals surface area contributed by atoms with Gasteiger partial charge in [0.1, 0.15) is 0 Å². The smallest absolute Gasteiger partial charge is 0.220 e. The highest BCUT2D eigenvalue weighted by Gasteiger charge is 2.19. The van der Waals surface area contributed by atoms with E-state index >= 15 is 0 Å². The molecule has 0 unspecified atom stereocenters. The maximum Gasteiger partial charge on any atom is 0.220 e. The molecule has 1 amide bonds. The second-order valence-corrected chi connectivity index (χ2v) is 7.80. The largest absolute Gasteiger partial charge is 0.375 e. The van der Waals surface area contributed by atoms with Crippen LogP contribution in [-0.4, -0.2) is 22.0 Å². The molecule has 136 valence electrons. The minimum atomic E-state index is 0.0722. The lowest BCUT2D eigenvalue weighted by Crippen LogP contribution is -2.26. The predicted molar refractivity (Wildman–Crippen MR) is 107 cm³/mol. The number of amides is 1. The van der Waals surface area contributed by atoms with E-state index in [1.54, 1.807) is 0 Å². The summed E-state index contributed by atoms with van der Waals surface area (Å²) in [4.78, 5) is 16.3. The Morgan fingerprint density at radius 1 is 1.38 bits per heavy atom. The number of carbonyl (C=O) groups is 1. The minimum Gasteiger partial charge on any atom is -0.375 e. The van der Waals surface area contributed by atoms with Crippen LogP contribution >= 0.6 is 11.3 Å². The van der Waals surface area contributed by atoms with Crippen molar-refractivity contribution < 1.29 is 4.79 Å². The lowest BCUT2D eigenvalue weighted by molar-refractivity contribution is -0.121. The van der Waals surface area contributed by atoms with Crippen molar-refractivity contribution >= 4 is 33.3 Å². The van der Waals surface area contributed by atoms with E-state index in [0.717, 1.165) is 25.1 Å². The summed E-state index contributed by atoms with van der Waals surface area (Å²) in [6, 6.07) is 6.63. The molecular weight excluding hydrogens is 344 g/mol. The Morgan fingerprint density at radius 3 is 3.08 bits per heavy atom. The topological polar surface area (TPSA) is 72.9 Å². The summed E-state index contributed by atoms with van der Waals surface area (Å²) in [5, 5.41) is 6.88. The van der Waals surface area contributed by atoms with Crippen LogP contribution < -0.4 is 11.1 Å². The Labute approximate surface area is 157 Å². The molecule has 0 fully saturated rings. The highest BCUT2D eigenvalue weighted by Crippen LogP contribution is 2.32. The van der Waals surface area contributed by atoms with E-state index in [0.29, 0.717) is 24.5 Å². The average Bonchev–Trinajstić information content (AvgIpc) is 3.18. The number of rotatable bonds is 6. The number of carbonyl (C=O) groups excluding carboxylic acids is 1. The van der Waals surface area contributed by atoms with E-state index in [2.05, 4.69) is 40.0 Å². The first-order valence-electron chi connectivity index (χ1n) is 9.19. The number of thiazole rings is 1. The van der Waals surface area contributed by atoms with Gasteiger partial charge in [-0.15, -0.1) is 11.3 Å². The molecule has 0 spiro atoms. The molecule has 1 aliphatic rings. The molecule has 3 aromatic rings. The number of nitrogens with two attached hydrogens (primary N) is 1.